The van der Waals surface area contributed by atoms with Crippen LogP contribution >= 0.6 is 0 Å². The van der Waals surface area contributed by atoms with Crippen LogP contribution in [0.4, 0.5) is 0 Å². The molecule has 18 heavy (non-hydrogen) atoms. The molecule has 2 aromatic carbocycles. The van der Waals surface area contributed by atoms with Crippen molar-refractivity contribution in [2.75, 3.05) is 0 Å². The molecule has 0 radical (unpaired) electrons. The number of hydrogen-bond donors (Lipinski definition) is 0. The number of hydrogen-bond acceptors (Lipinski definition) is 1. The predicted molar refractivity (Wildman–Crippen MR) is 71.6 cm³/mol. The molecule has 2 aliphatic rings. The summed E-state index contributed by atoms with van der Waals surface area (Å²) in [5.74, 6) is 0.255. The zero-order valence-corrected chi connectivity index (χ0v) is 9.94. The van der Waals surface area contributed by atoms with Crippen LogP contribution in [0.5, 0.6) is 0 Å². The van der Waals surface area contributed by atoms with E-state index in [0.717, 1.165) is 24.0 Å². The molecule has 0 aromatic heterocycles. The fourth-order valence-electron chi connectivity index (χ4n) is 2.75. The Morgan fingerprint density at radius 3 is 2.22 bits per heavy atom. The largest absolute Gasteiger partial charge is 0.289 e. The van der Waals surface area contributed by atoms with E-state index in [2.05, 4.69) is 24.3 Å². The van der Waals surface area contributed by atoms with E-state index in [-0.39, 0.29) is 5.78 Å². The van der Waals surface area contributed by atoms with Crippen LogP contribution in [0, 0.1) is 0 Å². The Labute approximate surface area is 106 Å². The molecule has 0 saturated heterocycles. The minimum Gasteiger partial charge on any atom is -0.289 e. The molecule has 0 heterocycles. The van der Waals surface area contributed by atoms with E-state index in [1.807, 2.05) is 24.3 Å². The van der Waals surface area contributed by atoms with Crippen molar-refractivity contribution in [3.8, 4) is 0 Å². The normalized spacial score (nSPS) is 15.3. The van der Waals surface area contributed by atoms with Gasteiger partial charge in [-0.05, 0) is 28.7 Å². The number of rotatable bonds is 3. The second-order valence-corrected chi connectivity index (χ2v) is 4.96. The third kappa shape index (κ3) is 1.31. The van der Waals surface area contributed by atoms with E-state index >= 15 is 0 Å². The average molecular weight is 232 g/mol. The minimum atomic E-state index is 0.255. The highest BCUT2D eigenvalue weighted by atomic mass is 16.1. The third-order valence-corrected chi connectivity index (χ3v) is 3.83. The van der Waals surface area contributed by atoms with Gasteiger partial charge in [0.05, 0.1) is 0 Å². The van der Waals surface area contributed by atoms with Crippen molar-refractivity contribution in [2.24, 2.45) is 0 Å². The fourth-order valence-corrected chi connectivity index (χ4v) is 2.75. The second kappa shape index (κ2) is 3.42. The molecule has 2 bridgehead atoms. The summed E-state index contributed by atoms with van der Waals surface area (Å²) in [6, 6.07) is 16.4. The van der Waals surface area contributed by atoms with Crippen molar-refractivity contribution in [3.05, 3.63) is 76.4 Å². The Morgan fingerprint density at radius 2 is 1.56 bits per heavy atom. The summed E-state index contributed by atoms with van der Waals surface area (Å²) in [6.07, 6.45) is 1.84. The van der Waals surface area contributed by atoms with Crippen LogP contribution in [0.3, 0.4) is 0 Å². The highest BCUT2D eigenvalue weighted by Crippen LogP contribution is 2.44. The lowest BCUT2D eigenvalue weighted by molar-refractivity contribution is 0.103. The van der Waals surface area contributed by atoms with Gasteiger partial charge in [-0.2, -0.15) is 0 Å². The van der Waals surface area contributed by atoms with Crippen LogP contribution in [-0.2, 0) is 6.42 Å². The maximum absolute atomic E-state index is 12.4. The van der Waals surface area contributed by atoms with Crippen molar-refractivity contribution < 1.29 is 4.79 Å². The summed E-state index contributed by atoms with van der Waals surface area (Å²) in [4.78, 5) is 12.4. The van der Waals surface area contributed by atoms with Gasteiger partial charge in [-0.1, -0.05) is 48.5 Å². The standard InChI is InChI=1S/C17H12O/c18-17(16-12-7-4-8-13(16)9-12)15-10-14(15)11-5-2-1-3-6-11/h1-8H,9-10H2. The van der Waals surface area contributed by atoms with Crippen LogP contribution < -0.4 is 0 Å². The number of fused-ring (bicyclic) bond motifs is 2. The Bertz CT molecular complexity index is 673. The van der Waals surface area contributed by atoms with Crippen LogP contribution in [0.15, 0.2) is 54.1 Å². The highest BCUT2D eigenvalue weighted by molar-refractivity contribution is 6.22. The van der Waals surface area contributed by atoms with Crippen LogP contribution in [0.25, 0.3) is 5.57 Å². The van der Waals surface area contributed by atoms with Gasteiger partial charge in [-0.25, -0.2) is 0 Å². The molecule has 2 aliphatic carbocycles. The van der Waals surface area contributed by atoms with Gasteiger partial charge >= 0.3 is 0 Å². The topological polar surface area (TPSA) is 17.1 Å². The van der Waals surface area contributed by atoms with Gasteiger partial charge in [0.1, 0.15) is 0 Å². The van der Waals surface area contributed by atoms with Gasteiger partial charge in [0.25, 0.3) is 0 Å². The number of benzene rings is 2. The van der Waals surface area contributed by atoms with Crippen molar-refractivity contribution >= 4 is 11.4 Å². The fraction of sp³-hybridized carbons (Fsp3) is 0.118. The summed E-state index contributed by atoms with van der Waals surface area (Å²) in [5, 5.41) is 0. The molecule has 4 rings (SSSR count). The Balaban J connectivity index is 1.70. The summed E-state index contributed by atoms with van der Waals surface area (Å²) in [7, 11) is 0. The van der Waals surface area contributed by atoms with Crippen molar-refractivity contribution in [1.29, 1.82) is 0 Å². The minimum absolute atomic E-state index is 0.255. The summed E-state index contributed by atoms with van der Waals surface area (Å²) in [6.45, 7) is 0. The van der Waals surface area contributed by atoms with Gasteiger partial charge in [-0.3, -0.25) is 4.79 Å². The maximum Gasteiger partial charge on any atom is 0.190 e. The van der Waals surface area contributed by atoms with Gasteiger partial charge in [0, 0.05) is 17.6 Å². The number of carbonyl (C=O) groups is 1. The first-order chi connectivity index (χ1) is 8.84. The number of allylic oxidation sites excluding steroid dienone is 2. The van der Waals surface area contributed by atoms with E-state index in [9.17, 15) is 4.79 Å². The van der Waals surface area contributed by atoms with Crippen molar-refractivity contribution in [1.82, 2.24) is 0 Å². The SMILES string of the molecule is O=C(C1=C(c2ccccc2)C1)c1c2cccc1C2. The first-order valence-corrected chi connectivity index (χ1v) is 6.27. The van der Waals surface area contributed by atoms with E-state index in [4.69, 9.17) is 0 Å². The predicted octanol–water partition coefficient (Wildman–Crippen LogP) is 3.63. The van der Waals surface area contributed by atoms with Crippen LogP contribution in [-0.4, -0.2) is 5.78 Å². The smallest absolute Gasteiger partial charge is 0.190 e. The molecule has 0 fully saturated rings. The van der Waals surface area contributed by atoms with Gasteiger partial charge < -0.3 is 0 Å². The molecule has 0 atom stereocenters. The number of carbonyl (C=O) groups excluding carboxylic acids is 1. The van der Waals surface area contributed by atoms with E-state index in [0.29, 0.717) is 0 Å². The van der Waals surface area contributed by atoms with Crippen molar-refractivity contribution in [3.63, 3.8) is 0 Å². The van der Waals surface area contributed by atoms with E-state index < -0.39 is 0 Å². The van der Waals surface area contributed by atoms with Crippen LogP contribution in [0.1, 0.15) is 33.5 Å². The summed E-state index contributed by atoms with van der Waals surface area (Å²) < 4.78 is 0. The molecule has 0 spiro atoms. The summed E-state index contributed by atoms with van der Waals surface area (Å²) in [5.41, 5.74) is 6.82. The zero-order chi connectivity index (χ0) is 12.1. The number of ketones is 1. The molecule has 2 aromatic rings. The quantitative estimate of drug-likeness (QED) is 0.630. The lowest BCUT2D eigenvalue weighted by Crippen LogP contribution is -2.15. The molecule has 0 saturated carbocycles. The first kappa shape index (κ1) is 9.84. The molecule has 86 valence electrons. The van der Waals surface area contributed by atoms with Crippen molar-refractivity contribution in [2.45, 2.75) is 12.8 Å². The monoisotopic (exact) mass is 232 g/mol. The molecule has 1 nitrogen and oxygen atoms in total. The average Bonchev–Trinajstić information content (AvgIpc) is 3.21. The molecule has 0 unspecified atom stereocenters. The molecular weight excluding hydrogens is 220 g/mol. The van der Waals surface area contributed by atoms with Gasteiger partial charge in [0.2, 0.25) is 0 Å². The van der Waals surface area contributed by atoms with E-state index in [1.54, 1.807) is 0 Å². The zero-order valence-electron chi connectivity index (χ0n) is 9.94. The maximum atomic E-state index is 12.4. The lowest BCUT2D eigenvalue weighted by Gasteiger charge is -2.21. The third-order valence-electron chi connectivity index (χ3n) is 3.83. The first-order valence-electron chi connectivity index (χ1n) is 6.27. The Kier molecular flexibility index (Phi) is 1.87. The molecule has 0 aliphatic heterocycles. The second-order valence-electron chi connectivity index (χ2n) is 4.96. The van der Waals surface area contributed by atoms with Gasteiger partial charge in [0.15, 0.2) is 5.78 Å². The molecule has 1 heteroatoms. The van der Waals surface area contributed by atoms with Crippen LogP contribution in [0.2, 0.25) is 0 Å². The molecule has 0 N–H and O–H groups in total. The summed E-state index contributed by atoms with van der Waals surface area (Å²) >= 11 is 0. The van der Waals surface area contributed by atoms with E-state index in [1.165, 1.54) is 22.3 Å². The molecule has 0 amide bonds. The number of Topliss-reactive ketones (excluding diaryl/α,β-unsaturated/α-hetero) is 1. The Hall–Kier alpha value is -2.15. The highest BCUT2D eigenvalue weighted by Gasteiger charge is 2.34. The molecular formula is C17H12O. The van der Waals surface area contributed by atoms with Gasteiger partial charge in [-0.15, -0.1) is 0 Å². The Morgan fingerprint density at radius 1 is 0.833 bits per heavy atom. The lowest BCUT2D eigenvalue weighted by atomic mass is 9.82.